The molecule has 0 saturated heterocycles. The highest BCUT2D eigenvalue weighted by Gasteiger charge is 2.19. The molecular formula is C9H6ClF3O3. The standard InChI is InChI=1S/C9H6ClF3O3/c10-3-4-1-5(8(14)15)7(11)6(2-4)16-9(12)13/h1-2,9H,3H2,(H,14,15). The van der Waals surface area contributed by atoms with Crippen LogP contribution in [0.3, 0.4) is 0 Å². The van der Waals surface area contributed by atoms with Gasteiger partial charge in [-0.05, 0) is 17.7 Å². The van der Waals surface area contributed by atoms with Gasteiger partial charge in [-0.1, -0.05) is 0 Å². The van der Waals surface area contributed by atoms with Gasteiger partial charge in [0.25, 0.3) is 0 Å². The lowest BCUT2D eigenvalue weighted by Crippen LogP contribution is -2.08. The van der Waals surface area contributed by atoms with Gasteiger partial charge in [-0.15, -0.1) is 11.6 Å². The Bertz CT molecular complexity index is 409. The van der Waals surface area contributed by atoms with Crippen LogP contribution in [0.15, 0.2) is 12.1 Å². The molecule has 1 aromatic rings. The minimum absolute atomic E-state index is 0.139. The van der Waals surface area contributed by atoms with Crippen molar-refractivity contribution in [3.05, 3.63) is 29.1 Å². The molecule has 0 fully saturated rings. The predicted molar refractivity (Wildman–Crippen MR) is 49.5 cm³/mol. The second kappa shape index (κ2) is 5.07. The second-order valence-corrected chi connectivity index (χ2v) is 3.04. The third-order valence-corrected chi connectivity index (χ3v) is 2.01. The molecule has 0 aromatic heterocycles. The molecule has 16 heavy (non-hydrogen) atoms. The first-order valence-corrected chi connectivity index (χ1v) is 4.55. The third-order valence-electron chi connectivity index (χ3n) is 1.70. The normalized spacial score (nSPS) is 10.6. The fraction of sp³-hybridized carbons (Fsp3) is 0.222. The zero-order valence-corrected chi connectivity index (χ0v) is 8.47. The van der Waals surface area contributed by atoms with E-state index < -0.39 is 29.7 Å². The Morgan fingerprint density at radius 1 is 1.50 bits per heavy atom. The second-order valence-electron chi connectivity index (χ2n) is 2.77. The van der Waals surface area contributed by atoms with E-state index in [1.165, 1.54) is 0 Å². The van der Waals surface area contributed by atoms with Gasteiger partial charge in [0.2, 0.25) is 0 Å². The Morgan fingerprint density at radius 2 is 2.12 bits per heavy atom. The van der Waals surface area contributed by atoms with Crippen LogP contribution in [0.1, 0.15) is 15.9 Å². The summed E-state index contributed by atoms with van der Waals surface area (Å²) in [7, 11) is 0. The molecule has 0 bridgehead atoms. The molecule has 0 spiro atoms. The van der Waals surface area contributed by atoms with Gasteiger partial charge in [0.05, 0.1) is 5.56 Å². The minimum atomic E-state index is -3.23. The van der Waals surface area contributed by atoms with E-state index in [0.717, 1.165) is 12.1 Å². The highest BCUT2D eigenvalue weighted by molar-refractivity contribution is 6.17. The van der Waals surface area contributed by atoms with Crippen molar-refractivity contribution in [1.82, 2.24) is 0 Å². The van der Waals surface area contributed by atoms with Gasteiger partial charge in [-0.2, -0.15) is 8.78 Å². The average molecular weight is 255 g/mol. The summed E-state index contributed by atoms with van der Waals surface area (Å²) in [5, 5.41) is 8.62. The molecule has 0 radical (unpaired) electrons. The molecule has 0 atom stereocenters. The minimum Gasteiger partial charge on any atom is -0.478 e. The van der Waals surface area contributed by atoms with E-state index >= 15 is 0 Å². The number of rotatable bonds is 4. The molecule has 88 valence electrons. The maximum absolute atomic E-state index is 13.3. The summed E-state index contributed by atoms with van der Waals surface area (Å²) in [5.41, 5.74) is -0.579. The van der Waals surface area contributed by atoms with Crippen LogP contribution >= 0.6 is 11.6 Å². The van der Waals surface area contributed by atoms with E-state index in [-0.39, 0.29) is 11.4 Å². The molecule has 1 N–H and O–H groups in total. The monoisotopic (exact) mass is 254 g/mol. The maximum atomic E-state index is 13.3. The van der Waals surface area contributed by atoms with Crippen molar-refractivity contribution in [3.8, 4) is 5.75 Å². The first-order chi connectivity index (χ1) is 7.45. The Balaban J connectivity index is 3.25. The number of carboxylic acid groups (broad SMARTS) is 1. The smallest absolute Gasteiger partial charge is 0.387 e. The van der Waals surface area contributed by atoms with Crippen LogP contribution in [-0.4, -0.2) is 17.7 Å². The highest BCUT2D eigenvalue weighted by Crippen LogP contribution is 2.25. The number of carboxylic acids is 1. The van der Waals surface area contributed by atoms with Gasteiger partial charge in [0.15, 0.2) is 11.6 Å². The number of hydrogen-bond acceptors (Lipinski definition) is 2. The molecule has 7 heteroatoms. The van der Waals surface area contributed by atoms with Gasteiger partial charge in [0, 0.05) is 5.88 Å². The molecule has 1 aromatic carbocycles. The quantitative estimate of drug-likeness (QED) is 0.841. The molecule has 0 unspecified atom stereocenters. The molecule has 0 aliphatic carbocycles. The first-order valence-electron chi connectivity index (χ1n) is 4.02. The Kier molecular flexibility index (Phi) is 4.00. The van der Waals surface area contributed by atoms with Crippen molar-refractivity contribution in [1.29, 1.82) is 0 Å². The lowest BCUT2D eigenvalue weighted by molar-refractivity contribution is -0.0523. The zero-order valence-electron chi connectivity index (χ0n) is 7.71. The molecular weight excluding hydrogens is 249 g/mol. The van der Waals surface area contributed by atoms with E-state index in [0.29, 0.717) is 0 Å². The van der Waals surface area contributed by atoms with Gasteiger partial charge >= 0.3 is 12.6 Å². The Hall–Kier alpha value is -1.43. The molecule has 0 aliphatic heterocycles. The zero-order chi connectivity index (χ0) is 12.3. The Morgan fingerprint density at radius 3 is 2.56 bits per heavy atom. The summed E-state index contributed by atoms with van der Waals surface area (Å²) >= 11 is 5.41. The largest absolute Gasteiger partial charge is 0.478 e. The van der Waals surface area contributed by atoms with Crippen LogP contribution in [0.5, 0.6) is 5.75 Å². The summed E-state index contributed by atoms with van der Waals surface area (Å²) in [4.78, 5) is 10.6. The summed E-state index contributed by atoms with van der Waals surface area (Å²) in [6, 6.07) is 1.89. The topological polar surface area (TPSA) is 46.5 Å². The molecule has 0 saturated carbocycles. The van der Waals surface area contributed by atoms with Gasteiger partial charge in [-0.3, -0.25) is 0 Å². The molecule has 0 heterocycles. The lowest BCUT2D eigenvalue weighted by atomic mass is 10.1. The number of ether oxygens (including phenoxy) is 1. The maximum Gasteiger partial charge on any atom is 0.387 e. The van der Waals surface area contributed by atoms with E-state index in [1.54, 1.807) is 0 Å². The number of hydrogen-bond donors (Lipinski definition) is 1. The van der Waals surface area contributed by atoms with Gasteiger partial charge < -0.3 is 9.84 Å². The van der Waals surface area contributed by atoms with Crippen LogP contribution in [0, 0.1) is 5.82 Å². The van der Waals surface area contributed by atoms with E-state index in [4.69, 9.17) is 16.7 Å². The number of aromatic carboxylic acids is 1. The van der Waals surface area contributed by atoms with Crippen molar-refractivity contribution in [2.24, 2.45) is 0 Å². The Labute approximate surface area is 93.4 Å². The summed E-state index contributed by atoms with van der Waals surface area (Å²) in [6.07, 6.45) is 0. The van der Waals surface area contributed by atoms with Crippen molar-refractivity contribution < 1.29 is 27.8 Å². The highest BCUT2D eigenvalue weighted by atomic mass is 35.5. The van der Waals surface area contributed by atoms with Crippen LogP contribution < -0.4 is 4.74 Å². The fourth-order valence-electron chi connectivity index (χ4n) is 1.07. The summed E-state index contributed by atoms with van der Waals surface area (Å²) in [6.45, 7) is -3.23. The molecule has 1 rings (SSSR count). The number of carbonyl (C=O) groups is 1. The number of alkyl halides is 3. The van der Waals surface area contributed by atoms with Crippen LogP contribution in [-0.2, 0) is 5.88 Å². The van der Waals surface area contributed by atoms with Crippen LogP contribution in [0.2, 0.25) is 0 Å². The van der Waals surface area contributed by atoms with Crippen molar-refractivity contribution in [2.45, 2.75) is 12.5 Å². The lowest BCUT2D eigenvalue weighted by Gasteiger charge is -2.09. The van der Waals surface area contributed by atoms with E-state index in [1.807, 2.05) is 0 Å². The molecule has 3 nitrogen and oxygen atoms in total. The predicted octanol–water partition coefficient (Wildman–Crippen LogP) is 2.86. The third kappa shape index (κ3) is 2.79. The summed E-state index contributed by atoms with van der Waals surface area (Å²) in [5.74, 6) is -3.89. The van der Waals surface area contributed by atoms with Crippen LogP contribution in [0.4, 0.5) is 13.2 Å². The SMILES string of the molecule is O=C(O)c1cc(CCl)cc(OC(F)F)c1F. The molecule has 0 aliphatic rings. The number of benzene rings is 1. The van der Waals surface area contributed by atoms with Crippen molar-refractivity contribution >= 4 is 17.6 Å². The molecule has 0 amide bonds. The van der Waals surface area contributed by atoms with Gasteiger partial charge in [0.1, 0.15) is 0 Å². The average Bonchev–Trinajstić information content (AvgIpc) is 2.19. The van der Waals surface area contributed by atoms with Gasteiger partial charge in [-0.25, -0.2) is 9.18 Å². The van der Waals surface area contributed by atoms with E-state index in [2.05, 4.69) is 4.74 Å². The first kappa shape index (κ1) is 12.6. The van der Waals surface area contributed by atoms with E-state index in [9.17, 15) is 18.0 Å². The summed E-state index contributed by atoms with van der Waals surface area (Å²) < 4.78 is 41.0. The van der Waals surface area contributed by atoms with Crippen LogP contribution in [0.25, 0.3) is 0 Å². The fourth-order valence-corrected chi connectivity index (χ4v) is 1.22. The number of halogens is 4. The van der Waals surface area contributed by atoms with Crippen molar-refractivity contribution in [2.75, 3.05) is 0 Å². The van der Waals surface area contributed by atoms with Crippen molar-refractivity contribution in [3.63, 3.8) is 0 Å².